The fourth-order valence-corrected chi connectivity index (χ4v) is 6.37. The van der Waals surface area contributed by atoms with E-state index in [0.29, 0.717) is 35.1 Å². The summed E-state index contributed by atoms with van der Waals surface area (Å²) < 4.78 is 5.53. The van der Waals surface area contributed by atoms with Gasteiger partial charge in [-0.15, -0.1) is 11.3 Å². The third-order valence-corrected chi connectivity index (χ3v) is 8.10. The Balaban J connectivity index is 1.44. The molecule has 0 amide bonds. The maximum absolute atomic E-state index is 7.64. The summed E-state index contributed by atoms with van der Waals surface area (Å²) in [4.78, 5) is 11.5. The maximum Gasteiger partial charge on any atom is 0.144 e. The Kier molecular flexibility index (Phi) is 5.94. The topological polar surface area (TPSA) is 112 Å². The number of nitrogens with zero attached hydrogens (tertiary/aromatic N) is 3. The first kappa shape index (κ1) is 22.1. The molecule has 174 valence electrons. The Morgan fingerprint density at radius 2 is 2.00 bits per heavy atom. The lowest BCUT2D eigenvalue weighted by Gasteiger charge is -2.33. The van der Waals surface area contributed by atoms with Crippen molar-refractivity contribution >= 4 is 45.0 Å². The standard InChI is InChI=1S/C24H31N7OS/c1-13-4-5-14(2)31(13)30-16-6-7-17-21(9-16)33-24-22(17)23(27-12-28-24)29-19-8-15(11-25)18(26)10-20(19)32-3/h8,10-14,16,25,30H,4-7,9,26H2,1-3H3,(H,27,28,29). The molecule has 1 saturated heterocycles. The number of hydrazine groups is 1. The molecule has 1 aliphatic carbocycles. The lowest BCUT2D eigenvalue weighted by molar-refractivity contribution is 0.104. The number of nitrogens with one attached hydrogen (secondary N) is 3. The maximum atomic E-state index is 7.64. The zero-order chi connectivity index (χ0) is 23.1. The molecule has 9 heteroatoms. The van der Waals surface area contributed by atoms with E-state index >= 15 is 0 Å². The van der Waals surface area contributed by atoms with Crippen molar-refractivity contribution in [1.82, 2.24) is 20.4 Å². The number of benzene rings is 1. The van der Waals surface area contributed by atoms with Gasteiger partial charge in [-0.1, -0.05) is 0 Å². The molecule has 0 saturated carbocycles. The number of nitrogens with two attached hydrogens (primary N) is 1. The van der Waals surface area contributed by atoms with Gasteiger partial charge in [0.2, 0.25) is 0 Å². The van der Waals surface area contributed by atoms with Crippen LogP contribution in [0.15, 0.2) is 18.5 Å². The van der Waals surface area contributed by atoms with E-state index in [4.69, 9.17) is 15.9 Å². The van der Waals surface area contributed by atoms with Crippen molar-refractivity contribution in [2.24, 2.45) is 0 Å². The van der Waals surface area contributed by atoms with Crippen LogP contribution in [-0.4, -0.2) is 46.4 Å². The molecule has 1 aliphatic heterocycles. The number of aromatic nitrogens is 2. The molecule has 1 aromatic carbocycles. The van der Waals surface area contributed by atoms with Crippen molar-refractivity contribution in [3.63, 3.8) is 0 Å². The van der Waals surface area contributed by atoms with Gasteiger partial charge in [-0.2, -0.15) is 0 Å². The highest BCUT2D eigenvalue weighted by Crippen LogP contribution is 2.40. The molecule has 3 atom stereocenters. The van der Waals surface area contributed by atoms with Gasteiger partial charge >= 0.3 is 0 Å². The van der Waals surface area contributed by atoms with Crippen LogP contribution in [0.2, 0.25) is 0 Å². The second-order valence-corrected chi connectivity index (χ2v) is 10.2. The minimum absolute atomic E-state index is 0.449. The monoisotopic (exact) mass is 465 g/mol. The molecule has 5 N–H and O–H groups in total. The van der Waals surface area contributed by atoms with Crippen molar-refractivity contribution in [1.29, 1.82) is 5.41 Å². The van der Waals surface area contributed by atoms with Crippen LogP contribution in [0.5, 0.6) is 5.75 Å². The van der Waals surface area contributed by atoms with Crippen molar-refractivity contribution < 1.29 is 4.74 Å². The zero-order valence-electron chi connectivity index (χ0n) is 19.3. The molecule has 3 heterocycles. The Labute approximate surface area is 198 Å². The first-order chi connectivity index (χ1) is 16.0. The first-order valence-corrected chi connectivity index (χ1v) is 12.3. The van der Waals surface area contributed by atoms with Crippen LogP contribution < -0.4 is 21.2 Å². The summed E-state index contributed by atoms with van der Waals surface area (Å²) in [5.74, 6) is 1.39. The summed E-state index contributed by atoms with van der Waals surface area (Å²) in [5.41, 5.74) is 13.1. The van der Waals surface area contributed by atoms with Gasteiger partial charge in [-0.25, -0.2) is 15.0 Å². The van der Waals surface area contributed by atoms with E-state index in [0.717, 1.165) is 41.0 Å². The number of fused-ring (bicyclic) bond motifs is 3. The van der Waals surface area contributed by atoms with Crippen molar-refractivity contribution in [3.05, 3.63) is 34.5 Å². The van der Waals surface area contributed by atoms with Crippen LogP contribution in [0.3, 0.4) is 0 Å². The molecule has 8 nitrogen and oxygen atoms in total. The number of methoxy groups -OCH3 is 1. The average Bonchev–Trinajstić information content (AvgIpc) is 3.34. The summed E-state index contributed by atoms with van der Waals surface area (Å²) in [5, 5.41) is 14.6. The average molecular weight is 466 g/mol. The predicted octanol–water partition coefficient (Wildman–Crippen LogP) is 4.26. The highest BCUT2D eigenvalue weighted by atomic mass is 32.1. The van der Waals surface area contributed by atoms with Crippen LogP contribution in [0, 0.1) is 5.41 Å². The molecule has 0 spiro atoms. The number of rotatable bonds is 6. The van der Waals surface area contributed by atoms with Crippen molar-refractivity contribution in [3.8, 4) is 5.75 Å². The molecule has 5 rings (SSSR count). The van der Waals surface area contributed by atoms with E-state index < -0.39 is 0 Å². The highest BCUT2D eigenvalue weighted by Gasteiger charge is 2.32. The van der Waals surface area contributed by atoms with E-state index in [1.165, 1.54) is 29.5 Å². The third kappa shape index (κ3) is 4.05. The van der Waals surface area contributed by atoms with Crippen LogP contribution in [0.25, 0.3) is 10.2 Å². The van der Waals surface area contributed by atoms with E-state index in [-0.39, 0.29) is 0 Å². The number of aryl methyl sites for hydroxylation is 1. The lowest BCUT2D eigenvalue weighted by Crippen LogP contribution is -2.51. The zero-order valence-corrected chi connectivity index (χ0v) is 20.1. The van der Waals surface area contributed by atoms with Crippen LogP contribution in [0.1, 0.15) is 49.1 Å². The van der Waals surface area contributed by atoms with Crippen LogP contribution >= 0.6 is 11.3 Å². The van der Waals surface area contributed by atoms with Crippen LogP contribution in [0.4, 0.5) is 17.2 Å². The summed E-state index contributed by atoms with van der Waals surface area (Å²) in [6, 6.07) is 5.19. The number of thiophene rings is 1. The predicted molar refractivity (Wildman–Crippen MR) is 135 cm³/mol. The van der Waals surface area contributed by atoms with Gasteiger partial charge in [0.15, 0.2) is 0 Å². The van der Waals surface area contributed by atoms with E-state index in [1.807, 2.05) is 6.07 Å². The Morgan fingerprint density at radius 3 is 2.73 bits per heavy atom. The van der Waals surface area contributed by atoms with E-state index in [9.17, 15) is 0 Å². The van der Waals surface area contributed by atoms with Gasteiger partial charge in [-0.3, -0.25) is 5.43 Å². The number of ether oxygens (including phenoxy) is 1. The molecule has 0 bridgehead atoms. The number of nitrogen functional groups attached to an aromatic ring is 1. The minimum atomic E-state index is 0.449. The molecule has 3 unspecified atom stereocenters. The first-order valence-electron chi connectivity index (χ1n) is 11.5. The summed E-state index contributed by atoms with van der Waals surface area (Å²) in [6.45, 7) is 4.63. The van der Waals surface area contributed by atoms with Gasteiger partial charge in [0.1, 0.15) is 22.7 Å². The second kappa shape index (κ2) is 8.89. The Bertz CT molecular complexity index is 1180. The highest BCUT2D eigenvalue weighted by molar-refractivity contribution is 7.19. The number of anilines is 3. The minimum Gasteiger partial charge on any atom is -0.494 e. The van der Waals surface area contributed by atoms with E-state index in [1.54, 1.807) is 30.8 Å². The fraction of sp³-hybridized carbons (Fsp3) is 0.458. The Hall–Kier alpha value is -2.75. The molecule has 33 heavy (non-hydrogen) atoms. The van der Waals surface area contributed by atoms with Crippen molar-refractivity contribution in [2.45, 2.75) is 64.1 Å². The SMILES string of the molecule is COc1cc(N)c(C=N)cc1Nc1ncnc2sc3c(c12)CCC(NN1C(C)CCC1C)C3. The van der Waals surface area contributed by atoms with Gasteiger partial charge < -0.3 is 21.2 Å². The molecular weight excluding hydrogens is 434 g/mol. The molecule has 0 radical (unpaired) electrons. The van der Waals surface area contributed by atoms with Crippen molar-refractivity contribution in [2.75, 3.05) is 18.2 Å². The molecule has 2 aromatic heterocycles. The fourth-order valence-electron chi connectivity index (χ4n) is 5.11. The largest absolute Gasteiger partial charge is 0.494 e. The summed E-state index contributed by atoms with van der Waals surface area (Å²) in [7, 11) is 1.61. The summed E-state index contributed by atoms with van der Waals surface area (Å²) in [6.07, 6.45) is 8.47. The van der Waals surface area contributed by atoms with Gasteiger partial charge in [-0.05, 0) is 57.6 Å². The summed E-state index contributed by atoms with van der Waals surface area (Å²) >= 11 is 1.77. The lowest BCUT2D eigenvalue weighted by atomic mass is 9.93. The molecule has 1 fully saturated rings. The van der Waals surface area contributed by atoms with Crippen LogP contribution in [-0.2, 0) is 12.8 Å². The third-order valence-electron chi connectivity index (χ3n) is 6.94. The van der Waals surface area contributed by atoms with Gasteiger partial charge in [0.25, 0.3) is 0 Å². The molecule has 3 aromatic rings. The Morgan fingerprint density at radius 1 is 1.21 bits per heavy atom. The quantitative estimate of drug-likeness (QED) is 0.318. The van der Waals surface area contributed by atoms with Gasteiger partial charge in [0, 0.05) is 46.5 Å². The smallest absolute Gasteiger partial charge is 0.144 e. The number of hydrogen-bond acceptors (Lipinski definition) is 9. The molecule has 2 aliphatic rings. The second-order valence-electron chi connectivity index (χ2n) is 9.11. The number of hydrogen-bond donors (Lipinski definition) is 4. The van der Waals surface area contributed by atoms with Gasteiger partial charge in [0.05, 0.1) is 18.2 Å². The molecular formula is C24H31N7OS. The normalized spacial score (nSPS) is 22.9. The van der Waals surface area contributed by atoms with E-state index in [2.05, 4.69) is 39.6 Å².